The standard InChI is InChI=1S/C21H28N2O4/c1-15(2)21(19(26)27)11-13-22(14-21)18(25)20(3)10-7-12-23(20)17(24)16-8-5-4-6-9-16/h4-6,8-9,15H,7,10-14H2,1-3H3,(H,26,27). The van der Waals surface area contributed by atoms with Crippen LogP contribution in [0.2, 0.25) is 0 Å². The van der Waals surface area contributed by atoms with Crippen LogP contribution in [0.25, 0.3) is 0 Å². The van der Waals surface area contributed by atoms with Gasteiger partial charge in [-0.2, -0.15) is 0 Å². The number of carboxylic acids is 1. The van der Waals surface area contributed by atoms with E-state index in [1.54, 1.807) is 21.9 Å². The molecular weight excluding hydrogens is 344 g/mol. The zero-order valence-corrected chi connectivity index (χ0v) is 16.3. The topological polar surface area (TPSA) is 77.9 Å². The van der Waals surface area contributed by atoms with Gasteiger partial charge in [-0.15, -0.1) is 0 Å². The molecule has 6 heteroatoms. The fraction of sp³-hybridized carbons (Fsp3) is 0.571. The molecule has 146 valence electrons. The van der Waals surface area contributed by atoms with Crippen LogP contribution < -0.4 is 0 Å². The molecule has 1 N–H and O–H groups in total. The first-order chi connectivity index (χ1) is 12.7. The van der Waals surface area contributed by atoms with Crippen molar-refractivity contribution >= 4 is 17.8 Å². The van der Waals surface area contributed by atoms with Gasteiger partial charge in [0.25, 0.3) is 5.91 Å². The third-order valence-electron chi connectivity index (χ3n) is 6.49. The van der Waals surface area contributed by atoms with Crippen molar-refractivity contribution in [2.45, 2.75) is 45.6 Å². The summed E-state index contributed by atoms with van der Waals surface area (Å²) in [6.45, 7) is 6.78. The fourth-order valence-electron chi connectivity index (χ4n) is 4.49. The van der Waals surface area contributed by atoms with E-state index in [-0.39, 0.29) is 24.3 Å². The lowest BCUT2D eigenvalue weighted by Gasteiger charge is -2.37. The molecule has 3 rings (SSSR count). The fourth-order valence-corrected chi connectivity index (χ4v) is 4.49. The lowest BCUT2D eigenvalue weighted by Crippen LogP contribution is -2.56. The molecule has 2 atom stereocenters. The maximum atomic E-state index is 13.4. The Morgan fingerprint density at radius 3 is 2.30 bits per heavy atom. The third kappa shape index (κ3) is 3.11. The van der Waals surface area contributed by atoms with Gasteiger partial charge in [-0.05, 0) is 44.2 Å². The van der Waals surface area contributed by atoms with E-state index in [1.165, 1.54) is 0 Å². The van der Waals surface area contributed by atoms with Gasteiger partial charge in [0.15, 0.2) is 0 Å². The molecule has 6 nitrogen and oxygen atoms in total. The normalized spacial score (nSPS) is 28.0. The maximum absolute atomic E-state index is 13.4. The minimum Gasteiger partial charge on any atom is -0.481 e. The number of aliphatic carboxylic acids is 1. The number of nitrogens with zero attached hydrogens (tertiary/aromatic N) is 2. The van der Waals surface area contributed by atoms with Crippen LogP contribution in [0, 0.1) is 11.3 Å². The van der Waals surface area contributed by atoms with Gasteiger partial charge in [0, 0.05) is 25.2 Å². The summed E-state index contributed by atoms with van der Waals surface area (Å²) in [6, 6.07) is 9.00. The van der Waals surface area contributed by atoms with Gasteiger partial charge in [-0.1, -0.05) is 32.0 Å². The molecule has 0 spiro atoms. The van der Waals surface area contributed by atoms with Crippen LogP contribution >= 0.6 is 0 Å². The van der Waals surface area contributed by atoms with Crippen LogP contribution in [0.1, 0.15) is 50.4 Å². The molecule has 1 aromatic carbocycles. The highest BCUT2D eigenvalue weighted by Gasteiger charge is 2.53. The molecule has 2 aliphatic heterocycles. The molecule has 0 aromatic heterocycles. The molecule has 1 aromatic rings. The Morgan fingerprint density at radius 1 is 1.07 bits per heavy atom. The van der Waals surface area contributed by atoms with Gasteiger partial charge in [0.05, 0.1) is 5.41 Å². The number of likely N-dealkylation sites (tertiary alicyclic amines) is 2. The minimum atomic E-state index is -0.918. The van der Waals surface area contributed by atoms with E-state index in [1.807, 2.05) is 39.0 Å². The second-order valence-electron chi connectivity index (χ2n) is 8.29. The summed E-state index contributed by atoms with van der Waals surface area (Å²) in [4.78, 5) is 41.6. The summed E-state index contributed by atoms with van der Waals surface area (Å²) in [5.41, 5.74) is -1.25. The van der Waals surface area contributed by atoms with Gasteiger partial charge in [-0.25, -0.2) is 0 Å². The van der Waals surface area contributed by atoms with Crippen molar-refractivity contribution in [3.8, 4) is 0 Å². The molecule has 0 radical (unpaired) electrons. The van der Waals surface area contributed by atoms with Crippen molar-refractivity contribution < 1.29 is 19.5 Å². The van der Waals surface area contributed by atoms with Crippen LogP contribution in [-0.4, -0.2) is 57.9 Å². The predicted molar refractivity (Wildman–Crippen MR) is 101 cm³/mol. The van der Waals surface area contributed by atoms with Crippen molar-refractivity contribution in [2.75, 3.05) is 19.6 Å². The molecule has 0 bridgehead atoms. The van der Waals surface area contributed by atoms with Crippen LogP contribution in [0.4, 0.5) is 0 Å². The van der Waals surface area contributed by atoms with Crippen LogP contribution in [0.15, 0.2) is 30.3 Å². The van der Waals surface area contributed by atoms with Crippen molar-refractivity contribution in [3.63, 3.8) is 0 Å². The Labute approximate surface area is 160 Å². The van der Waals surface area contributed by atoms with Crippen molar-refractivity contribution in [3.05, 3.63) is 35.9 Å². The molecule has 0 aliphatic carbocycles. The molecule has 0 saturated carbocycles. The van der Waals surface area contributed by atoms with Gasteiger partial charge in [0.1, 0.15) is 5.54 Å². The molecular formula is C21H28N2O4. The van der Waals surface area contributed by atoms with E-state index < -0.39 is 16.9 Å². The maximum Gasteiger partial charge on any atom is 0.311 e. The summed E-state index contributed by atoms with van der Waals surface area (Å²) < 4.78 is 0. The average molecular weight is 372 g/mol. The largest absolute Gasteiger partial charge is 0.481 e. The predicted octanol–water partition coefficient (Wildman–Crippen LogP) is 2.64. The summed E-state index contributed by atoms with van der Waals surface area (Å²) in [5.74, 6) is -1.18. The molecule has 2 heterocycles. The van der Waals surface area contributed by atoms with Crippen molar-refractivity contribution in [1.82, 2.24) is 9.80 Å². The average Bonchev–Trinajstić information content (AvgIpc) is 3.27. The number of rotatable bonds is 4. The number of carbonyl (C=O) groups excluding carboxylic acids is 2. The zero-order valence-electron chi connectivity index (χ0n) is 16.3. The molecule has 2 unspecified atom stereocenters. The van der Waals surface area contributed by atoms with Crippen LogP contribution in [0.3, 0.4) is 0 Å². The Kier molecular flexibility index (Phi) is 5.02. The van der Waals surface area contributed by atoms with Gasteiger partial charge in [0.2, 0.25) is 5.91 Å². The zero-order chi connectivity index (χ0) is 19.8. The Morgan fingerprint density at radius 2 is 1.74 bits per heavy atom. The number of carbonyl (C=O) groups is 3. The van der Waals surface area contributed by atoms with Gasteiger partial charge < -0.3 is 14.9 Å². The number of hydrogen-bond acceptors (Lipinski definition) is 3. The molecule has 2 fully saturated rings. The summed E-state index contributed by atoms with van der Waals surface area (Å²) in [5, 5.41) is 9.75. The SMILES string of the molecule is CC(C)C1(C(=O)O)CCN(C(=O)C2(C)CCCN2C(=O)c2ccccc2)C1. The third-order valence-corrected chi connectivity index (χ3v) is 6.49. The quantitative estimate of drug-likeness (QED) is 0.881. The van der Waals surface area contributed by atoms with E-state index in [4.69, 9.17) is 0 Å². The minimum absolute atomic E-state index is 0.0637. The van der Waals surface area contributed by atoms with E-state index in [9.17, 15) is 19.5 Å². The first kappa shape index (κ1) is 19.4. The van der Waals surface area contributed by atoms with Crippen LogP contribution in [-0.2, 0) is 9.59 Å². The number of hydrogen-bond donors (Lipinski definition) is 1. The van der Waals surface area contributed by atoms with E-state index in [2.05, 4.69) is 0 Å². The molecule has 2 saturated heterocycles. The van der Waals surface area contributed by atoms with Crippen molar-refractivity contribution in [1.29, 1.82) is 0 Å². The first-order valence-corrected chi connectivity index (χ1v) is 9.62. The Bertz CT molecular complexity index is 748. The second kappa shape index (κ2) is 6.98. The van der Waals surface area contributed by atoms with Crippen molar-refractivity contribution in [2.24, 2.45) is 11.3 Å². The highest BCUT2D eigenvalue weighted by Crippen LogP contribution is 2.41. The van der Waals surface area contributed by atoms with E-state index in [0.717, 1.165) is 6.42 Å². The Balaban J connectivity index is 1.83. The lowest BCUT2D eigenvalue weighted by atomic mass is 9.76. The molecule has 2 aliphatic rings. The number of amides is 2. The molecule has 2 amide bonds. The monoisotopic (exact) mass is 372 g/mol. The highest BCUT2D eigenvalue weighted by molar-refractivity contribution is 5.99. The van der Waals surface area contributed by atoms with Gasteiger partial charge in [-0.3, -0.25) is 14.4 Å². The van der Waals surface area contributed by atoms with E-state index >= 15 is 0 Å². The highest BCUT2D eigenvalue weighted by atomic mass is 16.4. The smallest absolute Gasteiger partial charge is 0.311 e. The second-order valence-corrected chi connectivity index (χ2v) is 8.29. The number of benzene rings is 1. The lowest BCUT2D eigenvalue weighted by molar-refractivity contribution is -0.152. The van der Waals surface area contributed by atoms with Crippen LogP contribution in [0.5, 0.6) is 0 Å². The summed E-state index contributed by atoms with van der Waals surface area (Å²) in [6.07, 6.45) is 1.82. The number of carboxylic acid groups (broad SMARTS) is 1. The van der Waals surface area contributed by atoms with E-state index in [0.29, 0.717) is 31.5 Å². The summed E-state index contributed by atoms with van der Waals surface area (Å²) in [7, 11) is 0. The summed E-state index contributed by atoms with van der Waals surface area (Å²) >= 11 is 0. The Hall–Kier alpha value is -2.37. The van der Waals surface area contributed by atoms with Gasteiger partial charge >= 0.3 is 5.97 Å². The molecule has 27 heavy (non-hydrogen) atoms. The first-order valence-electron chi connectivity index (χ1n) is 9.62.